The fraction of sp³-hybridized carbons (Fsp3) is 0.828. The zero-order valence-corrected chi connectivity index (χ0v) is 27.1. The Balaban J connectivity index is 1.32. The van der Waals surface area contributed by atoms with Gasteiger partial charge < -0.3 is 15.0 Å². The minimum atomic E-state index is -1.34. The molecule has 2 rings (SSSR count). The van der Waals surface area contributed by atoms with E-state index in [1.54, 1.807) is 6.33 Å². The van der Waals surface area contributed by atoms with Crippen LogP contribution in [0.2, 0.25) is 0 Å². The van der Waals surface area contributed by atoms with Crippen molar-refractivity contribution in [2.75, 3.05) is 29.7 Å². The molecule has 0 aliphatic rings. The molecule has 1 unspecified atom stereocenters. The number of ether oxygens (including phenoxy) is 1. The number of hydrogen-bond acceptors (Lipinski definition) is 8. The van der Waals surface area contributed by atoms with E-state index >= 15 is 0 Å². The largest absolute Gasteiger partial charge is 0.382 e. The number of imidazole rings is 1. The third-order valence-electron chi connectivity index (χ3n) is 6.97. The van der Waals surface area contributed by atoms with Crippen molar-refractivity contribution in [1.29, 1.82) is 0 Å². The van der Waals surface area contributed by atoms with Crippen molar-refractivity contribution in [1.82, 2.24) is 19.5 Å². The van der Waals surface area contributed by atoms with E-state index in [0.29, 0.717) is 36.0 Å². The Labute approximate surface area is 246 Å². The van der Waals surface area contributed by atoms with Gasteiger partial charge in [-0.1, -0.05) is 129 Å². The first-order valence-electron chi connectivity index (χ1n) is 15.3. The van der Waals surface area contributed by atoms with Crippen LogP contribution in [0.3, 0.4) is 0 Å². The fourth-order valence-corrected chi connectivity index (χ4v) is 8.55. The second-order valence-corrected chi connectivity index (χ2v) is 15.0. The number of nitrogens with zero attached hydrogens (tertiary/aromatic N) is 4. The number of aromatic nitrogens is 4. The first kappa shape index (κ1) is 34.3. The molecule has 0 aliphatic heterocycles. The maximum atomic E-state index is 12.3. The number of hydrogen-bond donors (Lipinski definition) is 1. The molecule has 0 spiro atoms. The van der Waals surface area contributed by atoms with Crippen LogP contribution in [0, 0.1) is 0 Å². The minimum absolute atomic E-state index is 0.0885. The van der Waals surface area contributed by atoms with E-state index in [1.807, 2.05) is 33.1 Å². The third kappa shape index (κ3) is 16.2. The number of nitrogens with two attached hydrogens (primary N) is 1. The highest BCUT2D eigenvalue weighted by atomic mass is 33.1. The second-order valence-electron chi connectivity index (χ2n) is 10.6. The Morgan fingerprint density at radius 1 is 0.846 bits per heavy atom. The normalized spacial score (nSPS) is 12.8. The zero-order chi connectivity index (χ0) is 28.0. The third-order valence-corrected chi connectivity index (χ3v) is 10.9. The van der Waals surface area contributed by atoms with E-state index in [1.165, 1.54) is 115 Å². The van der Waals surface area contributed by atoms with E-state index in [4.69, 9.17) is 10.5 Å². The molecule has 0 amide bonds. The molecular weight excluding hydrogens is 545 g/mol. The quantitative estimate of drug-likeness (QED) is 0.0650. The van der Waals surface area contributed by atoms with Gasteiger partial charge in [0, 0.05) is 11.5 Å². The number of anilines is 1. The summed E-state index contributed by atoms with van der Waals surface area (Å²) in [6.07, 6.45) is 26.6. The van der Waals surface area contributed by atoms with Gasteiger partial charge >= 0.3 is 7.80 Å². The topological polar surface area (TPSA) is 95.9 Å². The number of rotatable bonds is 26. The molecule has 222 valence electrons. The molecule has 0 aromatic carbocycles. The highest BCUT2D eigenvalue weighted by molar-refractivity contribution is 8.76. The van der Waals surface area contributed by atoms with Gasteiger partial charge in [0.1, 0.15) is 11.8 Å². The van der Waals surface area contributed by atoms with E-state index < -0.39 is 7.80 Å². The summed E-state index contributed by atoms with van der Waals surface area (Å²) in [5.41, 5.74) is 7.14. The van der Waals surface area contributed by atoms with Gasteiger partial charge in [0.05, 0.1) is 19.0 Å². The van der Waals surface area contributed by atoms with Crippen LogP contribution in [0.4, 0.5) is 5.82 Å². The predicted molar refractivity (Wildman–Crippen MR) is 172 cm³/mol. The van der Waals surface area contributed by atoms with Crippen molar-refractivity contribution < 1.29 is 9.30 Å². The molecule has 0 bridgehead atoms. The van der Waals surface area contributed by atoms with Crippen molar-refractivity contribution in [3.05, 3.63) is 12.7 Å². The maximum absolute atomic E-state index is 12.3. The molecule has 2 N–H and O–H groups in total. The fourth-order valence-electron chi connectivity index (χ4n) is 4.60. The van der Waals surface area contributed by atoms with Crippen molar-refractivity contribution in [2.45, 2.75) is 129 Å². The number of fused-ring (bicyclic) bond motifs is 1. The summed E-state index contributed by atoms with van der Waals surface area (Å²) < 4.78 is 20.1. The van der Waals surface area contributed by atoms with Gasteiger partial charge in [-0.2, -0.15) is 0 Å². The molecule has 0 saturated carbocycles. The molecule has 2 aromatic heterocycles. The van der Waals surface area contributed by atoms with Gasteiger partial charge in [0.15, 0.2) is 17.6 Å². The lowest BCUT2D eigenvalue weighted by Crippen LogP contribution is -2.16. The van der Waals surface area contributed by atoms with E-state index in [9.17, 15) is 4.57 Å². The first-order chi connectivity index (χ1) is 19.1. The molecule has 2 aromatic rings. The van der Waals surface area contributed by atoms with Gasteiger partial charge in [-0.05, 0) is 13.3 Å². The van der Waals surface area contributed by atoms with Gasteiger partial charge in [0.25, 0.3) is 0 Å². The maximum Gasteiger partial charge on any atom is 0.367 e. The van der Waals surface area contributed by atoms with Crippen LogP contribution >= 0.6 is 29.4 Å². The molecule has 10 heteroatoms. The summed E-state index contributed by atoms with van der Waals surface area (Å²) in [5, 5.41) is 0. The molecular formula is C29H53N5O2PS2+. The van der Waals surface area contributed by atoms with Gasteiger partial charge in [-0.25, -0.2) is 15.0 Å². The van der Waals surface area contributed by atoms with Crippen LogP contribution in [0.25, 0.3) is 11.2 Å². The number of unbranched alkanes of at least 4 members (excludes halogenated alkanes) is 15. The van der Waals surface area contributed by atoms with Crippen LogP contribution in [-0.2, 0) is 15.8 Å². The van der Waals surface area contributed by atoms with Crippen LogP contribution in [0.5, 0.6) is 0 Å². The summed E-state index contributed by atoms with van der Waals surface area (Å²) in [5.74, 6) is 2.49. The monoisotopic (exact) mass is 598 g/mol. The zero-order valence-electron chi connectivity index (χ0n) is 24.5. The second kappa shape index (κ2) is 22.8. The molecule has 7 nitrogen and oxygen atoms in total. The summed E-state index contributed by atoms with van der Waals surface area (Å²) in [6.45, 7) is 4.85. The number of nitrogen functional groups attached to an aromatic ring is 1. The molecule has 39 heavy (non-hydrogen) atoms. The molecule has 0 radical (unpaired) electrons. The summed E-state index contributed by atoms with van der Waals surface area (Å²) in [7, 11) is 2.44. The molecule has 2 atom stereocenters. The summed E-state index contributed by atoms with van der Waals surface area (Å²) in [6, 6.07) is 0. The van der Waals surface area contributed by atoms with E-state index in [-0.39, 0.29) is 6.10 Å². The van der Waals surface area contributed by atoms with Crippen LogP contribution < -0.4 is 5.73 Å². The highest BCUT2D eigenvalue weighted by Gasteiger charge is 2.18. The van der Waals surface area contributed by atoms with Crippen LogP contribution in [-0.4, -0.2) is 49.6 Å². The average Bonchev–Trinajstić information content (AvgIpc) is 3.34. The van der Waals surface area contributed by atoms with E-state index in [0.717, 1.165) is 5.75 Å². The molecule has 2 heterocycles. The Kier molecular flexibility index (Phi) is 20.0. The Morgan fingerprint density at radius 3 is 2.03 bits per heavy atom. The Hall–Kier alpha value is -0.890. The lowest BCUT2D eigenvalue weighted by Gasteiger charge is -2.10. The van der Waals surface area contributed by atoms with Crippen molar-refractivity contribution in [3.63, 3.8) is 0 Å². The molecule has 0 fully saturated rings. The van der Waals surface area contributed by atoms with Crippen LogP contribution in [0.15, 0.2) is 12.7 Å². The molecule has 0 saturated heterocycles. The average molecular weight is 599 g/mol. The van der Waals surface area contributed by atoms with Gasteiger partial charge in [-0.3, -0.25) is 0 Å². The van der Waals surface area contributed by atoms with Gasteiger partial charge in [-0.15, -0.1) is 0 Å². The van der Waals surface area contributed by atoms with Crippen molar-refractivity contribution in [3.8, 4) is 0 Å². The Morgan fingerprint density at radius 2 is 1.41 bits per heavy atom. The first-order valence-corrected chi connectivity index (χ1v) is 19.4. The lowest BCUT2D eigenvalue weighted by molar-refractivity contribution is 0.0881. The summed E-state index contributed by atoms with van der Waals surface area (Å²) in [4.78, 5) is 12.5. The Bertz CT molecular complexity index is 902. The van der Waals surface area contributed by atoms with Crippen LogP contribution in [0.1, 0.15) is 117 Å². The van der Waals surface area contributed by atoms with Gasteiger partial charge in [0.2, 0.25) is 6.35 Å². The minimum Gasteiger partial charge on any atom is -0.382 e. The predicted octanol–water partition coefficient (Wildman–Crippen LogP) is 9.24. The summed E-state index contributed by atoms with van der Waals surface area (Å²) >= 11 is 0. The standard InChI is InChI=1S/C29H53N5O2PS2/c1-3-4-5-6-7-8-9-10-11-12-13-14-15-16-17-18-20-38-39-21-19-37(35)25-36-26(2)22-34-24-33-27-28(30)31-23-32-29(27)34/h23-24,26H,3-22,25H2,1-2H3,(H2,30,31,32)/q+1/t26-/m1/s1. The SMILES string of the molecule is CCCCCCCCCCCCCCCCCCSSCC[P+](=O)CO[C@H](C)Cn1cnc2c(N)ncnc21. The smallest absolute Gasteiger partial charge is 0.367 e. The highest BCUT2D eigenvalue weighted by Crippen LogP contribution is 2.29. The molecule has 0 aliphatic carbocycles. The van der Waals surface area contributed by atoms with Crippen molar-refractivity contribution in [2.24, 2.45) is 0 Å². The van der Waals surface area contributed by atoms with E-state index in [2.05, 4.69) is 21.9 Å². The lowest BCUT2D eigenvalue weighted by atomic mass is 10.0. The van der Waals surface area contributed by atoms with Crippen molar-refractivity contribution >= 4 is 46.4 Å².